The van der Waals surface area contributed by atoms with Crippen LogP contribution in [0.15, 0.2) is 36.4 Å². The molecule has 28 heavy (non-hydrogen) atoms. The molecule has 0 saturated carbocycles. The maximum atomic E-state index is 13.0. The lowest BCUT2D eigenvalue weighted by molar-refractivity contribution is -0.118. The number of ketones is 2. The van der Waals surface area contributed by atoms with Gasteiger partial charge in [-0.25, -0.2) is 0 Å². The van der Waals surface area contributed by atoms with Gasteiger partial charge in [-0.15, -0.1) is 0 Å². The van der Waals surface area contributed by atoms with E-state index in [1.807, 2.05) is 0 Å². The van der Waals surface area contributed by atoms with Gasteiger partial charge in [-0.1, -0.05) is 24.3 Å². The summed E-state index contributed by atoms with van der Waals surface area (Å²) in [5.74, 6) is -0.891. The molecular weight excluding hydrogens is 362 g/mol. The van der Waals surface area contributed by atoms with Crippen LogP contribution >= 0.6 is 0 Å². The maximum absolute atomic E-state index is 13.0. The number of hydrogen-bond donors (Lipinski definition) is 2. The molecule has 1 aliphatic carbocycles. The SMILES string of the molecule is COc1cc(CCNC(C)=O)c(C2(O)C(=O)c3ccccc3C2=O)cc1OC. The number of aliphatic hydroxyl groups is 1. The van der Waals surface area contributed by atoms with Gasteiger partial charge in [-0.2, -0.15) is 0 Å². The fraction of sp³-hybridized carbons (Fsp3) is 0.286. The standard InChI is InChI=1S/C21H21NO6/c1-12(23)22-9-8-13-10-17(27-2)18(28-3)11-16(13)21(26)19(24)14-6-4-5-7-15(14)20(21)25/h4-7,10-11,26H,8-9H2,1-3H3,(H,22,23). The molecule has 3 rings (SSSR count). The van der Waals surface area contributed by atoms with Crippen molar-refractivity contribution in [2.24, 2.45) is 0 Å². The highest BCUT2D eigenvalue weighted by molar-refractivity contribution is 6.32. The number of amides is 1. The number of hydrogen-bond acceptors (Lipinski definition) is 6. The molecule has 2 aromatic carbocycles. The van der Waals surface area contributed by atoms with Crippen molar-refractivity contribution in [2.45, 2.75) is 18.9 Å². The third-order valence-corrected chi connectivity index (χ3v) is 4.84. The molecular formula is C21H21NO6. The molecule has 0 radical (unpaired) electrons. The molecule has 0 spiro atoms. The van der Waals surface area contributed by atoms with Crippen LogP contribution in [0.25, 0.3) is 0 Å². The highest BCUT2D eigenvalue weighted by Crippen LogP contribution is 2.42. The number of fused-ring (bicyclic) bond motifs is 1. The van der Waals surface area contributed by atoms with Crippen LogP contribution in [0.4, 0.5) is 0 Å². The minimum Gasteiger partial charge on any atom is -0.493 e. The zero-order valence-electron chi connectivity index (χ0n) is 15.9. The van der Waals surface area contributed by atoms with Crippen LogP contribution in [0.1, 0.15) is 38.8 Å². The fourth-order valence-corrected chi connectivity index (χ4v) is 3.45. The van der Waals surface area contributed by atoms with E-state index in [1.54, 1.807) is 18.2 Å². The van der Waals surface area contributed by atoms with Gasteiger partial charge in [0.25, 0.3) is 0 Å². The van der Waals surface area contributed by atoms with Gasteiger partial charge < -0.3 is 19.9 Å². The van der Waals surface area contributed by atoms with Crippen LogP contribution < -0.4 is 14.8 Å². The smallest absolute Gasteiger partial charge is 0.217 e. The lowest BCUT2D eigenvalue weighted by Gasteiger charge is -2.24. The summed E-state index contributed by atoms with van der Waals surface area (Å²) in [5.41, 5.74) is -1.37. The molecule has 0 aliphatic heterocycles. The van der Waals surface area contributed by atoms with E-state index in [0.717, 1.165) is 0 Å². The van der Waals surface area contributed by atoms with E-state index >= 15 is 0 Å². The van der Waals surface area contributed by atoms with Crippen molar-refractivity contribution in [2.75, 3.05) is 20.8 Å². The van der Waals surface area contributed by atoms with E-state index in [0.29, 0.717) is 11.3 Å². The molecule has 2 aromatic rings. The van der Waals surface area contributed by atoms with E-state index in [1.165, 1.54) is 39.3 Å². The Morgan fingerprint density at radius 2 is 1.57 bits per heavy atom. The van der Waals surface area contributed by atoms with Crippen LogP contribution in [0.3, 0.4) is 0 Å². The largest absolute Gasteiger partial charge is 0.493 e. The first-order valence-electron chi connectivity index (χ1n) is 8.75. The molecule has 0 fully saturated rings. The topological polar surface area (TPSA) is 102 Å². The van der Waals surface area contributed by atoms with Crippen molar-refractivity contribution in [1.29, 1.82) is 0 Å². The highest BCUT2D eigenvalue weighted by Gasteiger charge is 2.54. The van der Waals surface area contributed by atoms with Crippen molar-refractivity contribution in [3.63, 3.8) is 0 Å². The van der Waals surface area contributed by atoms with Crippen molar-refractivity contribution < 1.29 is 29.0 Å². The second-order valence-corrected chi connectivity index (χ2v) is 6.51. The Morgan fingerprint density at radius 1 is 1.04 bits per heavy atom. The summed E-state index contributed by atoms with van der Waals surface area (Å²) in [6, 6.07) is 9.38. The Labute approximate surface area is 162 Å². The zero-order chi connectivity index (χ0) is 20.5. The number of Topliss-reactive ketones (excluding diaryl/α,β-unsaturated/α-hetero) is 2. The normalized spacial score (nSPS) is 14.6. The van der Waals surface area contributed by atoms with Crippen LogP contribution in [0.5, 0.6) is 11.5 Å². The summed E-state index contributed by atoms with van der Waals surface area (Å²) in [6.45, 7) is 1.66. The Balaban J connectivity index is 2.15. The second-order valence-electron chi connectivity index (χ2n) is 6.51. The molecule has 0 unspecified atom stereocenters. The summed E-state index contributed by atoms with van der Waals surface area (Å²) in [7, 11) is 2.89. The van der Waals surface area contributed by atoms with Gasteiger partial charge in [0.2, 0.25) is 23.1 Å². The summed E-state index contributed by atoms with van der Waals surface area (Å²) in [5, 5.41) is 14.0. The summed E-state index contributed by atoms with van der Waals surface area (Å²) in [4.78, 5) is 37.2. The quantitative estimate of drug-likeness (QED) is 0.736. The minimum atomic E-state index is -2.35. The van der Waals surface area contributed by atoms with Gasteiger partial charge in [0.15, 0.2) is 11.5 Å². The van der Waals surface area contributed by atoms with Gasteiger partial charge in [-0.3, -0.25) is 14.4 Å². The Morgan fingerprint density at radius 3 is 2.07 bits per heavy atom. The second kappa shape index (κ2) is 7.44. The summed E-state index contributed by atoms with van der Waals surface area (Å²) >= 11 is 0. The fourth-order valence-electron chi connectivity index (χ4n) is 3.45. The average molecular weight is 383 g/mol. The van der Waals surface area contributed by atoms with E-state index < -0.39 is 17.2 Å². The Kier molecular flexibility index (Phi) is 5.20. The van der Waals surface area contributed by atoms with E-state index in [2.05, 4.69) is 5.32 Å². The molecule has 0 bridgehead atoms. The van der Waals surface area contributed by atoms with Crippen LogP contribution in [0, 0.1) is 0 Å². The maximum Gasteiger partial charge on any atom is 0.217 e. The molecule has 0 aromatic heterocycles. The number of carbonyl (C=O) groups excluding carboxylic acids is 3. The van der Waals surface area contributed by atoms with Crippen molar-refractivity contribution >= 4 is 17.5 Å². The Hall–Kier alpha value is -3.19. The van der Waals surface area contributed by atoms with Gasteiger partial charge in [0.05, 0.1) is 14.2 Å². The predicted molar refractivity (Wildman–Crippen MR) is 101 cm³/mol. The molecule has 7 heteroatoms. The first-order valence-corrected chi connectivity index (χ1v) is 8.75. The molecule has 1 amide bonds. The first kappa shape index (κ1) is 19.6. The number of nitrogens with one attached hydrogen (secondary N) is 1. The van der Waals surface area contributed by atoms with Gasteiger partial charge in [0, 0.05) is 30.2 Å². The molecule has 0 heterocycles. The van der Waals surface area contributed by atoms with Crippen LogP contribution in [-0.2, 0) is 16.8 Å². The molecule has 0 atom stereocenters. The summed E-state index contributed by atoms with van der Waals surface area (Å²) in [6.07, 6.45) is 0.286. The van der Waals surface area contributed by atoms with Crippen molar-refractivity contribution in [1.82, 2.24) is 5.32 Å². The van der Waals surface area contributed by atoms with Crippen LogP contribution in [0.2, 0.25) is 0 Å². The third kappa shape index (κ3) is 3.03. The lowest BCUT2D eigenvalue weighted by Crippen LogP contribution is -2.39. The number of carbonyl (C=O) groups is 3. The number of ether oxygens (including phenoxy) is 2. The summed E-state index contributed by atoms with van der Waals surface area (Å²) < 4.78 is 10.6. The van der Waals surface area contributed by atoms with E-state index in [-0.39, 0.29) is 41.3 Å². The highest BCUT2D eigenvalue weighted by atomic mass is 16.5. The van der Waals surface area contributed by atoms with Gasteiger partial charge in [0.1, 0.15) is 0 Å². The number of rotatable bonds is 6. The predicted octanol–water partition coefficient (Wildman–Crippen LogP) is 1.65. The molecule has 7 nitrogen and oxygen atoms in total. The monoisotopic (exact) mass is 383 g/mol. The number of benzene rings is 2. The Bertz CT molecular complexity index is 930. The first-order chi connectivity index (χ1) is 13.3. The molecule has 0 saturated heterocycles. The molecule has 146 valence electrons. The number of methoxy groups -OCH3 is 2. The minimum absolute atomic E-state index is 0.127. The zero-order valence-corrected chi connectivity index (χ0v) is 15.9. The molecule has 1 aliphatic rings. The third-order valence-electron chi connectivity index (χ3n) is 4.84. The molecule has 2 N–H and O–H groups in total. The van der Waals surface area contributed by atoms with Gasteiger partial charge in [-0.05, 0) is 24.1 Å². The van der Waals surface area contributed by atoms with Crippen LogP contribution in [-0.4, -0.2) is 43.3 Å². The van der Waals surface area contributed by atoms with E-state index in [4.69, 9.17) is 9.47 Å². The average Bonchev–Trinajstić information content (AvgIpc) is 2.89. The van der Waals surface area contributed by atoms with Crippen molar-refractivity contribution in [3.8, 4) is 11.5 Å². The van der Waals surface area contributed by atoms with Gasteiger partial charge >= 0.3 is 0 Å². The van der Waals surface area contributed by atoms with Crippen molar-refractivity contribution in [3.05, 3.63) is 58.7 Å². The van der Waals surface area contributed by atoms with E-state index in [9.17, 15) is 19.5 Å². The lowest BCUT2D eigenvalue weighted by atomic mass is 9.84.